The number of urea groups is 1. The van der Waals surface area contributed by atoms with Crippen LogP contribution in [0, 0.1) is 12.8 Å². The monoisotopic (exact) mass is 440 g/mol. The molecule has 4 amide bonds. The van der Waals surface area contributed by atoms with Crippen molar-refractivity contribution < 1.29 is 14.4 Å². The van der Waals surface area contributed by atoms with Gasteiger partial charge < -0.3 is 15.1 Å². The van der Waals surface area contributed by atoms with E-state index in [-0.39, 0.29) is 18.4 Å². The molecule has 174 valence electrons. The third kappa shape index (κ3) is 5.68. The summed E-state index contributed by atoms with van der Waals surface area (Å²) in [6.45, 7) is 6.18. The van der Waals surface area contributed by atoms with E-state index in [1.54, 1.807) is 0 Å². The van der Waals surface area contributed by atoms with Gasteiger partial charge in [-0.1, -0.05) is 37.1 Å². The molecule has 2 heterocycles. The minimum absolute atomic E-state index is 0.00114. The molecule has 0 aromatic heterocycles. The number of carbonyl (C=O) groups excluding carboxylic acids is 3. The highest BCUT2D eigenvalue weighted by Crippen LogP contribution is 2.28. The largest absolute Gasteiger partial charge is 0.339 e. The first kappa shape index (κ1) is 22.8. The third-order valence-electron chi connectivity index (χ3n) is 7.44. The molecule has 0 bridgehead atoms. The lowest BCUT2D eigenvalue weighted by Gasteiger charge is -2.37. The average Bonchev–Trinajstić information content (AvgIpc) is 3.42. The molecule has 1 aliphatic carbocycles. The van der Waals surface area contributed by atoms with Gasteiger partial charge in [0.2, 0.25) is 5.91 Å². The molecule has 0 unspecified atom stereocenters. The van der Waals surface area contributed by atoms with Crippen molar-refractivity contribution in [3.05, 3.63) is 35.4 Å². The quantitative estimate of drug-likeness (QED) is 0.609. The standard InChI is InChI=1S/C25H36N4O3/c1-18-6-2-3-7-20(18)12-15-28-13-10-19(11-14-28)17-29(21-8-4-5-9-21)23(30)16-22-24(31)27-25(32)26-22/h2-3,6-7,19,21-22H,4-5,8-17H2,1H3,(H2,26,27,31,32)/t22-/m1/s1. The molecule has 2 aliphatic heterocycles. The maximum Gasteiger partial charge on any atom is 0.322 e. The van der Waals surface area contributed by atoms with Crippen LogP contribution < -0.4 is 10.6 Å². The van der Waals surface area contributed by atoms with Crippen LogP contribution >= 0.6 is 0 Å². The number of likely N-dealkylation sites (tertiary alicyclic amines) is 1. The summed E-state index contributed by atoms with van der Waals surface area (Å²) in [5.74, 6) is 0.110. The number of rotatable bonds is 8. The van der Waals surface area contributed by atoms with Crippen LogP contribution in [0.2, 0.25) is 0 Å². The maximum absolute atomic E-state index is 13.2. The van der Waals surface area contributed by atoms with Gasteiger partial charge in [0, 0.05) is 19.1 Å². The molecule has 7 heteroatoms. The van der Waals surface area contributed by atoms with Gasteiger partial charge in [-0.2, -0.15) is 0 Å². The minimum Gasteiger partial charge on any atom is -0.339 e. The summed E-state index contributed by atoms with van der Waals surface area (Å²) in [4.78, 5) is 41.1. The normalized spacial score (nSPS) is 22.7. The molecule has 4 rings (SSSR count). The number of carbonyl (C=O) groups is 3. The number of aryl methyl sites for hydroxylation is 1. The Morgan fingerprint density at radius 2 is 1.81 bits per heavy atom. The van der Waals surface area contributed by atoms with E-state index in [2.05, 4.69) is 46.7 Å². The highest BCUT2D eigenvalue weighted by molar-refractivity contribution is 6.05. The third-order valence-corrected chi connectivity index (χ3v) is 7.44. The summed E-state index contributed by atoms with van der Waals surface area (Å²) >= 11 is 0. The highest BCUT2D eigenvalue weighted by atomic mass is 16.2. The van der Waals surface area contributed by atoms with E-state index in [4.69, 9.17) is 0 Å². The molecule has 0 radical (unpaired) electrons. The first-order valence-corrected chi connectivity index (χ1v) is 12.2. The lowest BCUT2D eigenvalue weighted by atomic mass is 9.94. The predicted octanol–water partition coefficient (Wildman–Crippen LogP) is 2.62. The van der Waals surface area contributed by atoms with Crippen LogP contribution in [0.3, 0.4) is 0 Å². The van der Waals surface area contributed by atoms with Gasteiger partial charge in [-0.05, 0) is 69.2 Å². The van der Waals surface area contributed by atoms with Gasteiger partial charge >= 0.3 is 6.03 Å². The summed E-state index contributed by atoms with van der Waals surface area (Å²) in [6, 6.07) is 7.65. The molecule has 2 N–H and O–H groups in total. The zero-order valence-corrected chi connectivity index (χ0v) is 19.1. The van der Waals surface area contributed by atoms with E-state index in [9.17, 15) is 14.4 Å². The molecular weight excluding hydrogens is 404 g/mol. The number of imide groups is 1. The van der Waals surface area contributed by atoms with Gasteiger partial charge in [-0.3, -0.25) is 14.9 Å². The molecule has 2 saturated heterocycles. The second-order valence-corrected chi connectivity index (χ2v) is 9.67. The van der Waals surface area contributed by atoms with E-state index in [1.165, 1.54) is 11.1 Å². The van der Waals surface area contributed by atoms with Gasteiger partial charge in [0.15, 0.2) is 0 Å². The topological polar surface area (TPSA) is 81.8 Å². The van der Waals surface area contributed by atoms with Crippen LogP contribution in [0.25, 0.3) is 0 Å². The van der Waals surface area contributed by atoms with Gasteiger partial charge in [-0.15, -0.1) is 0 Å². The first-order valence-electron chi connectivity index (χ1n) is 12.2. The van der Waals surface area contributed by atoms with Crippen LogP contribution in [0.4, 0.5) is 4.79 Å². The summed E-state index contributed by atoms with van der Waals surface area (Å²) < 4.78 is 0. The second-order valence-electron chi connectivity index (χ2n) is 9.67. The average molecular weight is 441 g/mol. The van der Waals surface area contributed by atoms with Crippen LogP contribution in [0.5, 0.6) is 0 Å². The summed E-state index contributed by atoms with van der Waals surface area (Å²) in [6.07, 6.45) is 7.76. The van der Waals surface area contributed by atoms with Gasteiger partial charge in [0.1, 0.15) is 6.04 Å². The Bertz CT molecular complexity index is 828. The van der Waals surface area contributed by atoms with Crippen molar-refractivity contribution in [1.29, 1.82) is 0 Å². The van der Waals surface area contributed by atoms with Crippen LogP contribution in [-0.2, 0) is 16.0 Å². The molecule has 1 aromatic carbocycles. The molecule has 32 heavy (non-hydrogen) atoms. The molecule has 3 aliphatic rings. The Morgan fingerprint density at radius 3 is 2.47 bits per heavy atom. The van der Waals surface area contributed by atoms with Crippen LogP contribution in [-0.4, -0.2) is 65.9 Å². The van der Waals surface area contributed by atoms with Crippen molar-refractivity contribution in [2.45, 2.75) is 70.4 Å². The van der Waals surface area contributed by atoms with Crippen molar-refractivity contribution in [2.24, 2.45) is 5.92 Å². The fourth-order valence-electron chi connectivity index (χ4n) is 5.40. The Morgan fingerprint density at radius 1 is 1.09 bits per heavy atom. The van der Waals surface area contributed by atoms with E-state index in [0.29, 0.717) is 5.92 Å². The Hall–Kier alpha value is -2.41. The number of amides is 4. The van der Waals surface area contributed by atoms with Crippen molar-refractivity contribution >= 4 is 17.8 Å². The number of hydrogen-bond donors (Lipinski definition) is 2. The Kier molecular flexibility index (Phi) is 7.45. The summed E-state index contributed by atoms with van der Waals surface area (Å²) in [5, 5.41) is 4.80. The van der Waals surface area contributed by atoms with Crippen LogP contribution in [0.1, 0.15) is 56.1 Å². The van der Waals surface area contributed by atoms with E-state index >= 15 is 0 Å². The van der Waals surface area contributed by atoms with Crippen molar-refractivity contribution in [2.75, 3.05) is 26.2 Å². The van der Waals surface area contributed by atoms with Gasteiger partial charge in [-0.25, -0.2) is 4.79 Å². The molecular formula is C25H36N4O3. The molecule has 1 saturated carbocycles. The summed E-state index contributed by atoms with van der Waals surface area (Å²) in [5.41, 5.74) is 2.79. The fourth-order valence-corrected chi connectivity index (χ4v) is 5.40. The number of piperidine rings is 1. The lowest BCUT2D eigenvalue weighted by Crippen LogP contribution is -2.47. The van der Waals surface area contributed by atoms with Gasteiger partial charge in [0.25, 0.3) is 5.91 Å². The fraction of sp³-hybridized carbons (Fsp3) is 0.640. The maximum atomic E-state index is 13.2. The summed E-state index contributed by atoms with van der Waals surface area (Å²) in [7, 11) is 0. The zero-order chi connectivity index (χ0) is 22.5. The van der Waals surface area contributed by atoms with E-state index < -0.39 is 18.0 Å². The number of nitrogens with zero attached hydrogens (tertiary/aromatic N) is 2. The zero-order valence-electron chi connectivity index (χ0n) is 19.1. The Labute approximate surface area is 190 Å². The molecule has 3 fully saturated rings. The SMILES string of the molecule is Cc1ccccc1CCN1CCC(CN(C(=O)C[C@H]2NC(=O)NC2=O)C2CCCC2)CC1. The lowest BCUT2D eigenvalue weighted by molar-refractivity contribution is -0.136. The highest BCUT2D eigenvalue weighted by Gasteiger charge is 2.36. The second kappa shape index (κ2) is 10.5. The van der Waals surface area contributed by atoms with Crippen LogP contribution in [0.15, 0.2) is 24.3 Å². The van der Waals surface area contributed by atoms with E-state index in [0.717, 1.165) is 71.1 Å². The molecule has 1 aromatic rings. The van der Waals surface area contributed by atoms with Crippen molar-refractivity contribution in [1.82, 2.24) is 20.4 Å². The van der Waals surface area contributed by atoms with Gasteiger partial charge in [0.05, 0.1) is 6.42 Å². The Balaban J connectivity index is 1.28. The smallest absolute Gasteiger partial charge is 0.322 e. The molecule has 1 atom stereocenters. The number of benzene rings is 1. The molecule has 0 spiro atoms. The number of hydrogen-bond acceptors (Lipinski definition) is 4. The molecule has 7 nitrogen and oxygen atoms in total. The minimum atomic E-state index is -0.734. The van der Waals surface area contributed by atoms with E-state index in [1.807, 2.05) is 4.90 Å². The first-order chi connectivity index (χ1) is 15.5. The predicted molar refractivity (Wildman–Crippen MR) is 123 cm³/mol. The van der Waals surface area contributed by atoms with Crippen molar-refractivity contribution in [3.8, 4) is 0 Å². The van der Waals surface area contributed by atoms with Crippen molar-refractivity contribution in [3.63, 3.8) is 0 Å². The number of nitrogens with one attached hydrogen (secondary N) is 2.